The number of aryl methyl sites for hydroxylation is 1. The number of hydrogen-bond donors (Lipinski definition) is 1. The highest BCUT2D eigenvalue weighted by molar-refractivity contribution is 7.09. The molecule has 0 aliphatic heterocycles. The quantitative estimate of drug-likeness (QED) is 0.911. The lowest BCUT2D eigenvalue weighted by Crippen LogP contribution is -2.23. The van der Waals surface area contributed by atoms with Crippen molar-refractivity contribution in [1.29, 1.82) is 0 Å². The molecule has 102 valence electrons. The van der Waals surface area contributed by atoms with Crippen molar-refractivity contribution in [3.8, 4) is 0 Å². The molecule has 1 aromatic carbocycles. The predicted molar refractivity (Wildman–Crippen MR) is 73.2 cm³/mol. The van der Waals surface area contributed by atoms with E-state index in [1.54, 1.807) is 11.3 Å². The Labute approximate surface area is 115 Å². The standard InChI is InChI=1S/C14H16F2N2S/c1-8(12-6-11(15)4-5-13(12)16)17-9(2)14-7-19-10(3)18-14/h4-9,17H,1-3H3. The molecule has 5 heteroatoms. The summed E-state index contributed by atoms with van der Waals surface area (Å²) in [5.41, 5.74) is 1.25. The van der Waals surface area contributed by atoms with Gasteiger partial charge in [-0.2, -0.15) is 0 Å². The van der Waals surface area contributed by atoms with Gasteiger partial charge >= 0.3 is 0 Å². The molecular formula is C14H16F2N2S. The van der Waals surface area contributed by atoms with E-state index in [1.165, 1.54) is 6.07 Å². The number of rotatable bonds is 4. The van der Waals surface area contributed by atoms with E-state index in [0.29, 0.717) is 5.56 Å². The molecule has 2 rings (SSSR count). The first kappa shape index (κ1) is 14.1. The third kappa shape index (κ3) is 3.36. The van der Waals surface area contributed by atoms with Crippen LogP contribution in [0.15, 0.2) is 23.6 Å². The average Bonchev–Trinajstić information content (AvgIpc) is 2.79. The number of nitrogens with zero attached hydrogens (tertiary/aromatic N) is 1. The van der Waals surface area contributed by atoms with Gasteiger partial charge in [-0.25, -0.2) is 13.8 Å². The van der Waals surface area contributed by atoms with Crippen LogP contribution in [0.4, 0.5) is 8.78 Å². The lowest BCUT2D eigenvalue weighted by molar-refractivity contribution is 0.464. The molecule has 0 bridgehead atoms. The molecule has 0 fully saturated rings. The van der Waals surface area contributed by atoms with Gasteiger partial charge in [-0.1, -0.05) is 0 Å². The zero-order valence-corrected chi connectivity index (χ0v) is 11.9. The van der Waals surface area contributed by atoms with Crippen molar-refractivity contribution in [1.82, 2.24) is 10.3 Å². The van der Waals surface area contributed by atoms with E-state index in [0.717, 1.165) is 22.8 Å². The first-order valence-corrected chi connectivity index (χ1v) is 6.98. The van der Waals surface area contributed by atoms with Crippen LogP contribution in [-0.4, -0.2) is 4.98 Å². The van der Waals surface area contributed by atoms with Crippen LogP contribution in [0.2, 0.25) is 0 Å². The van der Waals surface area contributed by atoms with Crippen LogP contribution in [0.3, 0.4) is 0 Å². The molecular weight excluding hydrogens is 266 g/mol. The molecule has 2 unspecified atom stereocenters. The van der Waals surface area contributed by atoms with Crippen molar-refractivity contribution in [3.05, 3.63) is 51.5 Å². The van der Waals surface area contributed by atoms with E-state index in [9.17, 15) is 8.78 Å². The predicted octanol–water partition coefficient (Wildman–Crippen LogP) is 4.14. The van der Waals surface area contributed by atoms with E-state index < -0.39 is 11.6 Å². The average molecular weight is 282 g/mol. The molecule has 19 heavy (non-hydrogen) atoms. The Hall–Kier alpha value is -1.33. The van der Waals surface area contributed by atoms with Crippen LogP contribution >= 0.6 is 11.3 Å². The van der Waals surface area contributed by atoms with Gasteiger partial charge in [0.1, 0.15) is 11.6 Å². The first-order valence-electron chi connectivity index (χ1n) is 6.10. The van der Waals surface area contributed by atoms with Crippen molar-refractivity contribution in [2.24, 2.45) is 0 Å². The molecule has 0 aliphatic carbocycles. The highest BCUT2D eigenvalue weighted by Crippen LogP contribution is 2.23. The molecule has 0 saturated heterocycles. The largest absolute Gasteiger partial charge is 0.302 e. The Kier molecular flexibility index (Phi) is 4.27. The lowest BCUT2D eigenvalue weighted by Gasteiger charge is -2.19. The van der Waals surface area contributed by atoms with Crippen LogP contribution in [0.1, 0.15) is 42.2 Å². The minimum Gasteiger partial charge on any atom is -0.302 e. The fraction of sp³-hybridized carbons (Fsp3) is 0.357. The molecule has 1 N–H and O–H groups in total. The number of thiazole rings is 1. The summed E-state index contributed by atoms with van der Waals surface area (Å²) in [6.07, 6.45) is 0. The second-order valence-electron chi connectivity index (χ2n) is 4.57. The van der Waals surface area contributed by atoms with Crippen molar-refractivity contribution >= 4 is 11.3 Å². The van der Waals surface area contributed by atoms with E-state index in [-0.39, 0.29) is 12.1 Å². The minimum absolute atomic E-state index is 0.0115. The summed E-state index contributed by atoms with van der Waals surface area (Å²) in [5.74, 6) is -0.828. The van der Waals surface area contributed by atoms with Gasteiger partial charge in [0, 0.05) is 23.0 Å². The fourth-order valence-corrected chi connectivity index (χ4v) is 2.68. The third-order valence-corrected chi connectivity index (χ3v) is 3.80. The van der Waals surface area contributed by atoms with Gasteiger partial charge in [-0.05, 0) is 39.0 Å². The number of nitrogens with one attached hydrogen (secondary N) is 1. The molecule has 1 aromatic heterocycles. The molecule has 2 nitrogen and oxygen atoms in total. The van der Waals surface area contributed by atoms with Crippen molar-refractivity contribution in [3.63, 3.8) is 0 Å². The number of hydrogen-bond acceptors (Lipinski definition) is 3. The molecule has 1 heterocycles. The SMILES string of the molecule is Cc1nc(C(C)NC(C)c2cc(F)ccc2F)cs1. The van der Waals surface area contributed by atoms with Gasteiger partial charge in [0.05, 0.1) is 10.7 Å². The molecule has 2 atom stereocenters. The van der Waals surface area contributed by atoms with Crippen LogP contribution in [0, 0.1) is 18.6 Å². The summed E-state index contributed by atoms with van der Waals surface area (Å²) < 4.78 is 26.8. The second-order valence-corrected chi connectivity index (χ2v) is 5.63. The molecule has 0 saturated carbocycles. The monoisotopic (exact) mass is 282 g/mol. The van der Waals surface area contributed by atoms with Gasteiger partial charge in [0.15, 0.2) is 0 Å². The smallest absolute Gasteiger partial charge is 0.128 e. The van der Waals surface area contributed by atoms with Crippen LogP contribution in [0.25, 0.3) is 0 Å². The highest BCUT2D eigenvalue weighted by atomic mass is 32.1. The summed E-state index contributed by atoms with van der Waals surface area (Å²) >= 11 is 1.58. The van der Waals surface area contributed by atoms with E-state index in [1.807, 2.05) is 26.2 Å². The summed E-state index contributed by atoms with van der Waals surface area (Å²) in [4.78, 5) is 4.39. The molecule has 2 aromatic rings. The number of aromatic nitrogens is 1. The Morgan fingerprint density at radius 3 is 2.58 bits per heavy atom. The summed E-state index contributed by atoms with van der Waals surface area (Å²) in [5, 5.41) is 6.20. The van der Waals surface area contributed by atoms with Gasteiger partial charge in [-0.15, -0.1) is 11.3 Å². The fourth-order valence-electron chi connectivity index (χ4n) is 1.98. The summed E-state index contributed by atoms with van der Waals surface area (Å²) in [6, 6.07) is 3.21. The molecule has 0 spiro atoms. The normalized spacial score (nSPS) is 14.4. The van der Waals surface area contributed by atoms with Gasteiger partial charge in [0.2, 0.25) is 0 Å². The summed E-state index contributed by atoms with van der Waals surface area (Å²) in [7, 11) is 0. The van der Waals surface area contributed by atoms with Crippen molar-refractivity contribution in [2.75, 3.05) is 0 Å². The minimum atomic E-state index is -0.429. The van der Waals surface area contributed by atoms with Crippen molar-refractivity contribution < 1.29 is 8.78 Å². The van der Waals surface area contributed by atoms with Crippen molar-refractivity contribution in [2.45, 2.75) is 32.9 Å². The maximum Gasteiger partial charge on any atom is 0.128 e. The Morgan fingerprint density at radius 2 is 1.95 bits per heavy atom. The van der Waals surface area contributed by atoms with Crippen LogP contribution in [0.5, 0.6) is 0 Å². The third-order valence-electron chi connectivity index (χ3n) is 3.00. The summed E-state index contributed by atoms with van der Waals surface area (Å²) in [6.45, 7) is 5.71. The number of halogens is 2. The second kappa shape index (κ2) is 5.75. The zero-order valence-electron chi connectivity index (χ0n) is 11.1. The highest BCUT2D eigenvalue weighted by Gasteiger charge is 2.16. The van der Waals surface area contributed by atoms with Crippen LogP contribution < -0.4 is 5.32 Å². The van der Waals surface area contributed by atoms with E-state index >= 15 is 0 Å². The number of benzene rings is 1. The Morgan fingerprint density at radius 1 is 1.21 bits per heavy atom. The molecule has 0 amide bonds. The zero-order chi connectivity index (χ0) is 14.0. The van der Waals surface area contributed by atoms with Crippen LogP contribution in [-0.2, 0) is 0 Å². The molecule has 0 aliphatic rings. The Balaban J connectivity index is 2.12. The van der Waals surface area contributed by atoms with E-state index in [4.69, 9.17) is 0 Å². The molecule has 0 radical (unpaired) electrons. The first-order chi connectivity index (χ1) is 8.97. The van der Waals surface area contributed by atoms with Gasteiger partial charge < -0.3 is 5.32 Å². The maximum absolute atomic E-state index is 13.7. The van der Waals surface area contributed by atoms with E-state index in [2.05, 4.69) is 10.3 Å². The lowest BCUT2D eigenvalue weighted by atomic mass is 10.1. The maximum atomic E-state index is 13.7. The topological polar surface area (TPSA) is 24.9 Å². The Bertz CT molecular complexity index is 568. The van der Waals surface area contributed by atoms with Gasteiger partial charge in [-0.3, -0.25) is 0 Å². The van der Waals surface area contributed by atoms with Gasteiger partial charge in [0.25, 0.3) is 0 Å².